The van der Waals surface area contributed by atoms with Crippen molar-refractivity contribution in [3.05, 3.63) is 24.3 Å². The third-order valence-electron chi connectivity index (χ3n) is 9.01. The van der Waals surface area contributed by atoms with E-state index in [1.165, 1.54) is 116 Å². The lowest BCUT2D eigenvalue weighted by Crippen LogP contribution is -2.29. The van der Waals surface area contributed by atoms with Gasteiger partial charge in [-0.3, -0.25) is 18.6 Å². The summed E-state index contributed by atoms with van der Waals surface area (Å²) in [6.45, 7) is 5.45. The van der Waals surface area contributed by atoms with Crippen LogP contribution >= 0.6 is 7.82 Å². The van der Waals surface area contributed by atoms with Crippen molar-refractivity contribution in [2.24, 2.45) is 0 Å². The summed E-state index contributed by atoms with van der Waals surface area (Å²) in [5.74, 6) is -0.799. The Bertz CT molecular complexity index is 890. The number of phosphoric acid groups is 1. The fourth-order valence-electron chi connectivity index (χ4n) is 5.89. The first-order chi connectivity index (χ1) is 24.8. The third kappa shape index (κ3) is 38.1. The number of carbonyl (C=O) groups excluding carboxylic acids is 2. The van der Waals surface area contributed by atoms with E-state index >= 15 is 0 Å². The van der Waals surface area contributed by atoms with Crippen LogP contribution in [0, 0.1) is 0 Å². The van der Waals surface area contributed by atoms with Gasteiger partial charge in [-0.2, -0.15) is 0 Å². The second kappa shape index (κ2) is 38.3. The number of phosphoric ester groups is 1. The number of ether oxygens (including phenoxy) is 2. The van der Waals surface area contributed by atoms with E-state index in [1.54, 1.807) is 6.92 Å². The summed E-state index contributed by atoms with van der Waals surface area (Å²) in [4.78, 5) is 34.7. The molecule has 0 aliphatic rings. The Balaban J connectivity index is 4.09. The molecule has 0 spiro atoms. The summed E-state index contributed by atoms with van der Waals surface area (Å²) in [6, 6.07) is 0. The molecule has 2 atom stereocenters. The van der Waals surface area contributed by atoms with Gasteiger partial charge in [0, 0.05) is 12.8 Å². The predicted molar refractivity (Wildman–Crippen MR) is 212 cm³/mol. The fourth-order valence-corrected chi connectivity index (χ4v) is 6.65. The molecule has 9 heteroatoms. The van der Waals surface area contributed by atoms with Gasteiger partial charge in [-0.25, -0.2) is 4.57 Å². The summed E-state index contributed by atoms with van der Waals surface area (Å²) in [7, 11) is -4.28. The molecule has 0 aliphatic heterocycles. The molecule has 1 N–H and O–H groups in total. The Morgan fingerprint density at radius 1 is 0.529 bits per heavy atom. The molecule has 0 saturated carbocycles. The SMILES string of the molecule is CCCCC/C=C\C/C=C\CCCCCCCCCC(=O)OC(COC(=O)CCCCCCCCCCCCCCCC)COP(=O)(O)OCC. The summed E-state index contributed by atoms with van der Waals surface area (Å²) in [6.07, 6.45) is 40.8. The zero-order valence-electron chi connectivity index (χ0n) is 33.3. The quantitative estimate of drug-likeness (QED) is 0.0287. The van der Waals surface area contributed by atoms with E-state index in [0.717, 1.165) is 51.4 Å². The largest absolute Gasteiger partial charge is 0.472 e. The van der Waals surface area contributed by atoms with Gasteiger partial charge in [0.1, 0.15) is 6.61 Å². The van der Waals surface area contributed by atoms with Crippen molar-refractivity contribution < 1.29 is 37.6 Å². The van der Waals surface area contributed by atoms with Gasteiger partial charge in [-0.1, -0.05) is 167 Å². The number of unbranched alkanes of at least 4 members (excludes halogenated alkanes) is 23. The molecule has 2 unspecified atom stereocenters. The standard InChI is InChI=1S/C42H79O8P/c1-4-7-9-11-13-15-17-19-21-22-23-25-27-29-31-33-35-37-42(44)50-40(39-49-51(45,46)48-6-3)38-47-41(43)36-34-32-30-28-26-24-20-18-16-14-12-10-8-5-2/h13,15,19,21,40H,4-12,14,16-18,20,22-39H2,1-3H3,(H,45,46)/b15-13-,21-19-. The maximum absolute atomic E-state index is 12.5. The Labute approximate surface area is 313 Å². The summed E-state index contributed by atoms with van der Waals surface area (Å²) in [5, 5.41) is 0. The van der Waals surface area contributed by atoms with Crippen LogP contribution in [0.1, 0.15) is 207 Å². The molecule has 0 bridgehead atoms. The lowest BCUT2D eigenvalue weighted by atomic mass is 10.0. The molecular weight excluding hydrogens is 663 g/mol. The van der Waals surface area contributed by atoms with Crippen molar-refractivity contribution in [2.75, 3.05) is 19.8 Å². The minimum atomic E-state index is -4.28. The van der Waals surface area contributed by atoms with Gasteiger partial charge in [-0.05, 0) is 51.9 Å². The highest BCUT2D eigenvalue weighted by molar-refractivity contribution is 7.47. The van der Waals surface area contributed by atoms with Crippen LogP contribution in [0.25, 0.3) is 0 Å². The summed E-state index contributed by atoms with van der Waals surface area (Å²) in [5.41, 5.74) is 0. The Morgan fingerprint density at radius 3 is 1.43 bits per heavy atom. The molecule has 0 rings (SSSR count). The first-order valence-corrected chi connectivity index (χ1v) is 22.6. The normalized spacial score (nSPS) is 13.6. The van der Waals surface area contributed by atoms with E-state index in [-0.39, 0.29) is 25.6 Å². The molecule has 0 amide bonds. The Hall–Kier alpha value is -1.47. The number of allylic oxidation sites excluding steroid dienone is 4. The van der Waals surface area contributed by atoms with E-state index in [4.69, 9.17) is 18.5 Å². The maximum Gasteiger partial charge on any atom is 0.472 e. The highest BCUT2D eigenvalue weighted by Crippen LogP contribution is 2.43. The highest BCUT2D eigenvalue weighted by Gasteiger charge is 2.25. The van der Waals surface area contributed by atoms with Gasteiger partial charge in [0.25, 0.3) is 0 Å². The number of hydrogen-bond acceptors (Lipinski definition) is 7. The Morgan fingerprint density at radius 2 is 0.941 bits per heavy atom. The van der Waals surface area contributed by atoms with Gasteiger partial charge in [0.05, 0.1) is 13.2 Å². The molecule has 300 valence electrons. The molecule has 0 aliphatic carbocycles. The number of carbonyl (C=O) groups is 2. The summed E-state index contributed by atoms with van der Waals surface area (Å²) < 4.78 is 32.6. The molecule has 0 heterocycles. The molecular formula is C42H79O8P. The van der Waals surface area contributed by atoms with Gasteiger partial charge >= 0.3 is 19.8 Å². The molecule has 0 fully saturated rings. The molecule has 0 aromatic heterocycles. The average Bonchev–Trinajstić information content (AvgIpc) is 3.10. The second-order valence-electron chi connectivity index (χ2n) is 14.0. The average molecular weight is 743 g/mol. The maximum atomic E-state index is 12.5. The van der Waals surface area contributed by atoms with Crippen LogP contribution in [0.5, 0.6) is 0 Å². The van der Waals surface area contributed by atoms with Crippen LogP contribution < -0.4 is 0 Å². The topological polar surface area (TPSA) is 108 Å². The fraction of sp³-hybridized carbons (Fsp3) is 0.857. The molecule has 0 saturated heterocycles. The zero-order valence-corrected chi connectivity index (χ0v) is 34.2. The lowest BCUT2D eigenvalue weighted by Gasteiger charge is -2.19. The molecule has 0 radical (unpaired) electrons. The zero-order chi connectivity index (χ0) is 37.5. The van der Waals surface area contributed by atoms with Crippen molar-refractivity contribution in [1.82, 2.24) is 0 Å². The number of rotatable bonds is 39. The predicted octanol–water partition coefficient (Wildman–Crippen LogP) is 13.1. The van der Waals surface area contributed by atoms with Crippen LogP contribution in [-0.2, 0) is 32.7 Å². The lowest BCUT2D eigenvalue weighted by molar-refractivity contribution is -0.161. The van der Waals surface area contributed by atoms with Crippen LogP contribution in [-0.4, -0.2) is 42.8 Å². The minimum Gasteiger partial charge on any atom is -0.462 e. The van der Waals surface area contributed by atoms with Crippen LogP contribution in [0.3, 0.4) is 0 Å². The van der Waals surface area contributed by atoms with Gasteiger partial charge in [0.15, 0.2) is 6.10 Å². The molecule has 0 aromatic rings. The second-order valence-corrected chi connectivity index (χ2v) is 15.5. The highest BCUT2D eigenvalue weighted by atomic mass is 31.2. The van der Waals surface area contributed by atoms with Crippen molar-refractivity contribution in [2.45, 2.75) is 213 Å². The van der Waals surface area contributed by atoms with Gasteiger partial charge in [-0.15, -0.1) is 0 Å². The Kier molecular flexibility index (Phi) is 37.2. The van der Waals surface area contributed by atoms with Crippen LogP contribution in [0.2, 0.25) is 0 Å². The monoisotopic (exact) mass is 743 g/mol. The smallest absolute Gasteiger partial charge is 0.462 e. The van der Waals surface area contributed by atoms with Crippen LogP contribution in [0.4, 0.5) is 0 Å². The minimum absolute atomic E-state index is 0.000580. The summed E-state index contributed by atoms with van der Waals surface area (Å²) >= 11 is 0. The van der Waals surface area contributed by atoms with Crippen molar-refractivity contribution in [1.29, 1.82) is 0 Å². The van der Waals surface area contributed by atoms with Gasteiger partial charge < -0.3 is 14.4 Å². The van der Waals surface area contributed by atoms with Crippen LogP contribution in [0.15, 0.2) is 24.3 Å². The molecule has 51 heavy (non-hydrogen) atoms. The third-order valence-corrected chi connectivity index (χ3v) is 10.1. The van der Waals surface area contributed by atoms with E-state index in [9.17, 15) is 19.0 Å². The van der Waals surface area contributed by atoms with E-state index in [2.05, 4.69) is 38.2 Å². The van der Waals surface area contributed by atoms with E-state index in [0.29, 0.717) is 12.8 Å². The van der Waals surface area contributed by atoms with Gasteiger partial charge in [0.2, 0.25) is 0 Å². The molecule has 8 nitrogen and oxygen atoms in total. The molecule has 0 aromatic carbocycles. The van der Waals surface area contributed by atoms with Crippen molar-refractivity contribution >= 4 is 19.8 Å². The first-order valence-electron chi connectivity index (χ1n) is 21.1. The number of esters is 2. The number of hydrogen-bond donors (Lipinski definition) is 1. The first kappa shape index (κ1) is 49.5. The van der Waals surface area contributed by atoms with E-state index < -0.39 is 26.5 Å². The van der Waals surface area contributed by atoms with Crippen molar-refractivity contribution in [3.8, 4) is 0 Å². The van der Waals surface area contributed by atoms with Crippen molar-refractivity contribution in [3.63, 3.8) is 0 Å². The van der Waals surface area contributed by atoms with E-state index in [1.807, 2.05) is 0 Å².